The van der Waals surface area contributed by atoms with Gasteiger partial charge in [-0.25, -0.2) is 4.39 Å². The predicted molar refractivity (Wildman–Crippen MR) is 106 cm³/mol. The average molecular weight is 343 g/mol. The van der Waals surface area contributed by atoms with Crippen LogP contribution in [0.4, 0.5) is 4.39 Å². The maximum atomic E-state index is 13.2. The summed E-state index contributed by atoms with van der Waals surface area (Å²) in [5.74, 6) is 0. The van der Waals surface area contributed by atoms with Crippen LogP contribution < -0.4 is 10.9 Å². The molecule has 0 saturated heterocycles. The lowest BCUT2D eigenvalue weighted by Gasteiger charge is -2.17. The largest absolute Gasteiger partial charge is 0.246 e. The van der Waals surface area contributed by atoms with E-state index in [4.69, 9.17) is 11.6 Å². The van der Waals surface area contributed by atoms with Gasteiger partial charge in [-0.1, -0.05) is 96.6 Å². The lowest BCUT2D eigenvalue weighted by molar-refractivity contribution is 0.369. The molecule has 0 aliphatic rings. The molecule has 3 heteroatoms. The zero-order valence-corrected chi connectivity index (χ0v) is 15.2. The van der Waals surface area contributed by atoms with Crippen molar-refractivity contribution >= 4 is 29.2 Å². The molecule has 0 spiro atoms. The van der Waals surface area contributed by atoms with E-state index < -0.39 is 11.5 Å². The Balaban J connectivity index is 2.31. The van der Waals surface area contributed by atoms with Crippen LogP contribution in [-0.4, -0.2) is 18.3 Å². The van der Waals surface area contributed by atoms with E-state index in [9.17, 15) is 4.39 Å². The van der Waals surface area contributed by atoms with Crippen LogP contribution in [0.25, 0.3) is 0 Å². The first-order valence-corrected chi connectivity index (χ1v) is 9.14. The van der Waals surface area contributed by atoms with Gasteiger partial charge in [-0.3, -0.25) is 0 Å². The molecule has 0 bridgehead atoms. The highest BCUT2D eigenvalue weighted by Crippen LogP contribution is 2.10. The number of halogens is 2. The summed E-state index contributed by atoms with van der Waals surface area (Å²) in [6.45, 7) is 3.96. The number of hydrogen-bond donors (Lipinski definition) is 0. The smallest absolute Gasteiger partial charge is 0.213 e. The highest BCUT2D eigenvalue weighted by Gasteiger charge is 2.20. The third-order valence-corrected chi connectivity index (χ3v) is 4.77. The molecule has 0 aliphatic carbocycles. The summed E-state index contributed by atoms with van der Waals surface area (Å²) in [4.78, 5) is 0. The fourth-order valence-electron chi connectivity index (χ4n) is 3.00. The van der Waals surface area contributed by atoms with Crippen LogP contribution in [0.5, 0.6) is 0 Å². The monoisotopic (exact) mass is 342 g/mol. The molecule has 2 atom stereocenters. The Morgan fingerprint density at radius 1 is 1.08 bits per heavy atom. The Morgan fingerprint density at radius 2 is 1.75 bits per heavy atom. The van der Waals surface area contributed by atoms with Gasteiger partial charge < -0.3 is 0 Å². The van der Waals surface area contributed by atoms with Crippen molar-refractivity contribution in [3.05, 3.63) is 72.3 Å². The number of benzene rings is 2. The standard InChI is InChI=1S/C21H25BClF/c1-3-10-18-11-7-8-14-20(18)22(19-12-5-4-6-13-19)16-9-15-21(23)17(2)24/h4-9,11-15,17,21H,3,10,16H2,1-2H3. The first-order valence-electron chi connectivity index (χ1n) is 8.71. The molecule has 0 saturated carbocycles. The van der Waals surface area contributed by atoms with E-state index in [0.29, 0.717) is 0 Å². The van der Waals surface area contributed by atoms with Crippen LogP contribution in [0.15, 0.2) is 66.7 Å². The molecular weight excluding hydrogens is 317 g/mol. The Morgan fingerprint density at radius 3 is 2.42 bits per heavy atom. The third kappa shape index (κ3) is 5.24. The van der Waals surface area contributed by atoms with Crippen LogP contribution in [0.2, 0.25) is 6.32 Å². The minimum absolute atomic E-state index is 0.268. The lowest BCUT2D eigenvalue weighted by Crippen LogP contribution is -2.43. The van der Waals surface area contributed by atoms with Crippen molar-refractivity contribution in [3.8, 4) is 0 Å². The van der Waals surface area contributed by atoms with Crippen LogP contribution in [0.3, 0.4) is 0 Å². The van der Waals surface area contributed by atoms with Gasteiger partial charge in [-0.15, -0.1) is 11.6 Å². The number of hydrogen-bond acceptors (Lipinski definition) is 0. The van der Waals surface area contributed by atoms with Crippen LogP contribution in [0.1, 0.15) is 25.8 Å². The summed E-state index contributed by atoms with van der Waals surface area (Å²) < 4.78 is 13.2. The minimum Gasteiger partial charge on any atom is -0.246 e. The molecule has 0 fully saturated rings. The van der Waals surface area contributed by atoms with Gasteiger partial charge in [0.1, 0.15) is 6.17 Å². The molecule has 2 unspecified atom stereocenters. The molecule has 24 heavy (non-hydrogen) atoms. The van der Waals surface area contributed by atoms with Gasteiger partial charge >= 0.3 is 0 Å². The average Bonchev–Trinajstić information content (AvgIpc) is 2.60. The second-order valence-electron chi connectivity index (χ2n) is 6.20. The van der Waals surface area contributed by atoms with Gasteiger partial charge in [0.05, 0.1) is 5.38 Å². The molecule has 0 radical (unpaired) electrons. The summed E-state index contributed by atoms with van der Waals surface area (Å²) >= 11 is 6.01. The third-order valence-electron chi connectivity index (χ3n) is 4.28. The number of aryl methyl sites for hydroxylation is 1. The fraction of sp³-hybridized carbons (Fsp3) is 0.333. The molecule has 0 N–H and O–H groups in total. The molecule has 0 heterocycles. The van der Waals surface area contributed by atoms with E-state index in [1.54, 1.807) is 6.08 Å². The minimum atomic E-state index is -1.04. The Labute approximate surface area is 150 Å². The summed E-state index contributed by atoms with van der Waals surface area (Å²) in [5.41, 5.74) is 4.03. The van der Waals surface area contributed by atoms with E-state index in [-0.39, 0.29) is 6.71 Å². The van der Waals surface area contributed by atoms with E-state index in [1.165, 1.54) is 23.4 Å². The molecular formula is C21H25BClF. The first-order chi connectivity index (χ1) is 11.6. The summed E-state index contributed by atoms with van der Waals surface area (Å²) in [6, 6.07) is 19.1. The van der Waals surface area contributed by atoms with Crippen LogP contribution in [0, 0.1) is 0 Å². The quantitative estimate of drug-likeness (QED) is 0.368. The molecule has 2 aromatic rings. The summed E-state index contributed by atoms with van der Waals surface area (Å²) in [6.07, 6.45) is 5.78. The van der Waals surface area contributed by atoms with Gasteiger partial charge in [0.15, 0.2) is 0 Å². The summed E-state index contributed by atoms with van der Waals surface area (Å²) in [7, 11) is 0. The van der Waals surface area contributed by atoms with Crippen molar-refractivity contribution in [2.75, 3.05) is 0 Å². The lowest BCUT2D eigenvalue weighted by atomic mass is 9.38. The molecule has 0 amide bonds. The SMILES string of the molecule is CCCc1ccccc1B(CC=CC(Cl)C(C)F)c1ccccc1. The normalized spacial score (nSPS) is 13.8. The zero-order valence-electron chi connectivity index (χ0n) is 14.5. The number of allylic oxidation sites excluding steroid dienone is 2. The van der Waals surface area contributed by atoms with Gasteiger partial charge in [0.2, 0.25) is 6.71 Å². The van der Waals surface area contributed by atoms with E-state index >= 15 is 0 Å². The molecule has 126 valence electrons. The van der Waals surface area contributed by atoms with Crippen LogP contribution >= 0.6 is 11.6 Å². The van der Waals surface area contributed by atoms with E-state index in [1.807, 2.05) is 12.1 Å². The molecule has 0 aliphatic heterocycles. The highest BCUT2D eigenvalue weighted by molar-refractivity contribution is 6.85. The highest BCUT2D eigenvalue weighted by atomic mass is 35.5. The van der Waals surface area contributed by atoms with Gasteiger partial charge in [-0.2, -0.15) is 0 Å². The van der Waals surface area contributed by atoms with Gasteiger partial charge in [0.25, 0.3) is 0 Å². The van der Waals surface area contributed by atoms with Crippen molar-refractivity contribution in [1.29, 1.82) is 0 Å². The van der Waals surface area contributed by atoms with Crippen molar-refractivity contribution in [2.24, 2.45) is 0 Å². The van der Waals surface area contributed by atoms with E-state index in [0.717, 1.165) is 19.2 Å². The topological polar surface area (TPSA) is 0 Å². The van der Waals surface area contributed by atoms with Crippen molar-refractivity contribution < 1.29 is 4.39 Å². The van der Waals surface area contributed by atoms with Gasteiger partial charge in [0, 0.05) is 0 Å². The maximum absolute atomic E-state index is 13.2. The number of rotatable bonds is 8. The zero-order chi connectivity index (χ0) is 17.4. The summed E-state index contributed by atoms with van der Waals surface area (Å²) in [5, 5.41) is -0.563. The Kier molecular flexibility index (Phi) is 7.59. The van der Waals surface area contributed by atoms with Crippen molar-refractivity contribution in [1.82, 2.24) is 0 Å². The van der Waals surface area contributed by atoms with E-state index in [2.05, 4.69) is 55.5 Å². The molecule has 2 aromatic carbocycles. The second kappa shape index (κ2) is 9.69. The molecule has 0 nitrogen and oxygen atoms in total. The maximum Gasteiger partial charge on any atom is 0.213 e. The number of alkyl halides is 2. The second-order valence-corrected chi connectivity index (χ2v) is 6.70. The molecule has 0 aromatic heterocycles. The Hall–Kier alpha value is -1.54. The Bertz CT molecular complexity index is 639. The van der Waals surface area contributed by atoms with Gasteiger partial charge in [-0.05, 0) is 19.7 Å². The van der Waals surface area contributed by atoms with Crippen molar-refractivity contribution in [2.45, 2.75) is 44.6 Å². The fourth-order valence-corrected chi connectivity index (χ4v) is 3.10. The predicted octanol–water partition coefficient (Wildman–Crippen LogP) is 4.77. The molecule has 2 rings (SSSR count). The van der Waals surface area contributed by atoms with Crippen LogP contribution in [-0.2, 0) is 6.42 Å². The van der Waals surface area contributed by atoms with Crippen molar-refractivity contribution in [3.63, 3.8) is 0 Å². The first kappa shape index (κ1) is 18.8.